The third kappa shape index (κ3) is 6.78. The van der Waals surface area contributed by atoms with Gasteiger partial charge in [-0.15, -0.1) is 0 Å². The van der Waals surface area contributed by atoms with Gasteiger partial charge in [-0.25, -0.2) is 4.79 Å². The van der Waals surface area contributed by atoms with Gasteiger partial charge in [-0.1, -0.05) is 66.4 Å². The Kier molecular flexibility index (Phi) is 8.90. The number of halogens is 2. The van der Waals surface area contributed by atoms with Crippen LogP contribution in [-0.4, -0.2) is 28.9 Å². The molecule has 0 heterocycles. The highest BCUT2D eigenvalue weighted by atomic mass is 35.5. The Morgan fingerprint density at radius 1 is 0.923 bits per heavy atom. The predicted molar refractivity (Wildman–Crippen MR) is 150 cm³/mol. The van der Waals surface area contributed by atoms with E-state index in [0.717, 1.165) is 18.4 Å². The Bertz CT molecular complexity index is 1390. The van der Waals surface area contributed by atoms with E-state index in [1.54, 1.807) is 54.6 Å². The third-order valence-corrected chi connectivity index (χ3v) is 7.74. The summed E-state index contributed by atoms with van der Waals surface area (Å²) in [6.07, 6.45) is 3.71. The van der Waals surface area contributed by atoms with E-state index in [9.17, 15) is 19.5 Å². The first-order valence-corrected chi connectivity index (χ1v) is 13.3. The fourth-order valence-corrected chi connectivity index (χ4v) is 5.57. The van der Waals surface area contributed by atoms with Crippen molar-refractivity contribution in [3.8, 4) is 6.07 Å². The molecule has 2 amide bonds. The second-order valence-electron chi connectivity index (χ2n) is 9.79. The number of hydrogen-bond donors (Lipinski definition) is 3. The lowest BCUT2D eigenvalue weighted by Crippen LogP contribution is -2.49. The SMILES string of the molecule is N#Cc1ccc(CC2(C(=O)N[C@@H](Cc3ccc(NC(=O)c4c(Cl)cccc4Cl)cc3)C(=O)O)CCCC2)cc1. The summed E-state index contributed by atoms with van der Waals surface area (Å²) in [6.45, 7) is 0. The van der Waals surface area contributed by atoms with E-state index in [4.69, 9.17) is 28.5 Å². The van der Waals surface area contributed by atoms with Crippen LogP contribution in [0.4, 0.5) is 5.69 Å². The number of carbonyl (C=O) groups is 3. The topological polar surface area (TPSA) is 119 Å². The highest BCUT2D eigenvalue weighted by Gasteiger charge is 2.42. The minimum atomic E-state index is -1.12. The van der Waals surface area contributed by atoms with Gasteiger partial charge in [0.05, 0.1) is 32.7 Å². The van der Waals surface area contributed by atoms with E-state index < -0.39 is 23.3 Å². The summed E-state index contributed by atoms with van der Waals surface area (Å²) >= 11 is 12.2. The zero-order valence-corrected chi connectivity index (χ0v) is 22.6. The molecule has 0 unspecified atom stereocenters. The van der Waals surface area contributed by atoms with E-state index in [1.165, 1.54) is 0 Å². The smallest absolute Gasteiger partial charge is 0.326 e. The van der Waals surface area contributed by atoms with Crippen LogP contribution in [0.1, 0.15) is 52.7 Å². The summed E-state index contributed by atoms with van der Waals surface area (Å²) in [5, 5.41) is 24.9. The lowest BCUT2D eigenvalue weighted by atomic mass is 9.78. The zero-order chi connectivity index (χ0) is 28.0. The van der Waals surface area contributed by atoms with Crippen molar-refractivity contribution in [3.63, 3.8) is 0 Å². The number of nitrogens with one attached hydrogen (secondary N) is 2. The molecule has 9 heteroatoms. The molecule has 3 N–H and O–H groups in total. The molecule has 3 aromatic rings. The number of carboxylic acid groups (broad SMARTS) is 1. The summed E-state index contributed by atoms with van der Waals surface area (Å²) in [7, 11) is 0. The second-order valence-corrected chi connectivity index (χ2v) is 10.6. The standard InChI is InChI=1S/C30H27Cl2N3O4/c31-23-4-3-5-24(32)26(23)27(36)34-22-12-10-19(11-13-22)16-25(28(37)38)35-29(39)30(14-1-2-15-30)17-20-6-8-21(18-33)9-7-20/h3-13,25H,1-2,14-17H2,(H,34,36)(H,35,39)(H,37,38)/t25-/m0/s1. The van der Waals surface area contributed by atoms with Crippen LogP contribution in [0.2, 0.25) is 10.0 Å². The average Bonchev–Trinajstić information content (AvgIpc) is 3.39. The minimum absolute atomic E-state index is 0.0819. The van der Waals surface area contributed by atoms with Crippen molar-refractivity contribution >= 4 is 46.7 Å². The molecule has 0 spiro atoms. The number of carbonyl (C=O) groups excluding carboxylic acids is 2. The Hall–Kier alpha value is -3.86. The van der Waals surface area contributed by atoms with Gasteiger partial charge in [0.25, 0.3) is 5.91 Å². The maximum absolute atomic E-state index is 13.5. The number of anilines is 1. The van der Waals surface area contributed by atoms with E-state index in [2.05, 4.69) is 16.7 Å². The molecule has 1 saturated carbocycles. The van der Waals surface area contributed by atoms with Gasteiger partial charge in [-0.3, -0.25) is 9.59 Å². The van der Waals surface area contributed by atoms with Crippen LogP contribution in [0.3, 0.4) is 0 Å². The van der Waals surface area contributed by atoms with Gasteiger partial charge in [-0.05, 0) is 66.8 Å². The van der Waals surface area contributed by atoms with Crippen LogP contribution < -0.4 is 10.6 Å². The molecule has 3 aromatic carbocycles. The molecule has 0 aliphatic heterocycles. The number of aliphatic carboxylic acids is 1. The maximum atomic E-state index is 13.5. The number of nitrogens with zero attached hydrogens (tertiary/aromatic N) is 1. The first kappa shape index (κ1) is 28.2. The quantitative estimate of drug-likeness (QED) is 0.293. The summed E-state index contributed by atoms with van der Waals surface area (Å²) in [5.41, 5.74) is 2.14. The van der Waals surface area contributed by atoms with E-state index in [1.807, 2.05) is 12.1 Å². The van der Waals surface area contributed by atoms with Gasteiger partial charge in [0.2, 0.25) is 5.91 Å². The van der Waals surface area contributed by atoms with E-state index in [0.29, 0.717) is 36.1 Å². The van der Waals surface area contributed by atoms with Gasteiger partial charge < -0.3 is 15.7 Å². The molecular formula is C30H27Cl2N3O4. The fourth-order valence-electron chi connectivity index (χ4n) is 5.00. The second kappa shape index (κ2) is 12.3. The molecule has 0 bridgehead atoms. The first-order valence-electron chi connectivity index (χ1n) is 12.6. The summed E-state index contributed by atoms with van der Waals surface area (Å²) in [5.74, 6) is -1.85. The molecule has 39 heavy (non-hydrogen) atoms. The molecule has 1 aliphatic rings. The zero-order valence-electron chi connectivity index (χ0n) is 21.0. The number of rotatable bonds is 9. The van der Waals surface area contributed by atoms with Crippen LogP contribution in [-0.2, 0) is 22.4 Å². The molecule has 200 valence electrons. The highest BCUT2D eigenvalue weighted by Crippen LogP contribution is 2.41. The lowest BCUT2D eigenvalue weighted by molar-refractivity contribution is -0.143. The maximum Gasteiger partial charge on any atom is 0.326 e. The van der Waals surface area contributed by atoms with Crippen LogP contribution >= 0.6 is 23.2 Å². The number of carboxylic acids is 1. The van der Waals surface area contributed by atoms with Crippen LogP contribution in [0.15, 0.2) is 66.7 Å². The normalized spacial score (nSPS) is 14.7. The van der Waals surface area contributed by atoms with Gasteiger partial charge in [-0.2, -0.15) is 5.26 Å². The van der Waals surface area contributed by atoms with Gasteiger partial charge in [0, 0.05) is 12.1 Å². The number of hydrogen-bond acceptors (Lipinski definition) is 4. The highest BCUT2D eigenvalue weighted by molar-refractivity contribution is 6.40. The summed E-state index contributed by atoms with van der Waals surface area (Å²) < 4.78 is 0. The van der Waals surface area contributed by atoms with E-state index >= 15 is 0 Å². The van der Waals surface area contributed by atoms with Gasteiger partial charge >= 0.3 is 5.97 Å². The average molecular weight is 564 g/mol. The molecule has 1 atom stereocenters. The lowest BCUT2D eigenvalue weighted by Gasteiger charge is -2.29. The number of nitriles is 1. The molecule has 7 nitrogen and oxygen atoms in total. The van der Waals surface area contributed by atoms with Crippen LogP contribution in [0, 0.1) is 16.7 Å². The molecule has 4 rings (SSSR count). The van der Waals surface area contributed by atoms with Crippen LogP contribution in [0.25, 0.3) is 0 Å². The summed E-state index contributed by atoms with van der Waals surface area (Å²) in [4.78, 5) is 38.2. The Morgan fingerprint density at radius 2 is 1.51 bits per heavy atom. The van der Waals surface area contributed by atoms with Gasteiger partial charge in [0.15, 0.2) is 0 Å². The minimum Gasteiger partial charge on any atom is -0.480 e. The first-order chi connectivity index (χ1) is 18.7. The third-order valence-electron chi connectivity index (χ3n) is 7.11. The molecule has 0 aromatic heterocycles. The van der Waals surface area contributed by atoms with Crippen molar-refractivity contribution in [2.45, 2.75) is 44.6 Å². The monoisotopic (exact) mass is 563 g/mol. The Morgan fingerprint density at radius 3 is 2.08 bits per heavy atom. The van der Waals surface area contributed by atoms with Gasteiger partial charge in [0.1, 0.15) is 6.04 Å². The molecule has 0 saturated heterocycles. The van der Waals surface area contributed by atoms with Crippen molar-refractivity contribution in [1.29, 1.82) is 5.26 Å². The Balaban J connectivity index is 1.43. The van der Waals surface area contributed by atoms with Crippen LogP contribution in [0.5, 0.6) is 0 Å². The van der Waals surface area contributed by atoms with Crippen molar-refractivity contribution in [2.24, 2.45) is 5.41 Å². The molecule has 1 aliphatic carbocycles. The van der Waals surface area contributed by atoms with Crippen molar-refractivity contribution in [1.82, 2.24) is 5.32 Å². The molecule has 0 radical (unpaired) electrons. The van der Waals surface area contributed by atoms with E-state index in [-0.39, 0.29) is 27.9 Å². The fraction of sp³-hybridized carbons (Fsp3) is 0.267. The summed E-state index contributed by atoms with van der Waals surface area (Å²) in [6, 6.07) is 19.6. The Labute approximate surface area is 236 Å². The molecular weight excluding hydrogens is 537 g/mol. The van der Waals surface area contributed by atoms with Crippen molar-refractivity contribution in [3.05, 3.63) is 99.0 Å². The van der Waals surface area contributed by atoms with Crippen molar-refractivity contribution in [2.75, 3.05) is 5.32 Å². The number of amides is 2. The largest absolute Gasteiger partial charge is 0.480 e. The molecule has 1 fully saturated rings. The van der Waals surface area contributed by atoms with Crippen molar-refractivity contribution < 1.29 is 19.5 Å². The predicted octanol–water partition coefficient (Wildman–Crippen LogP) is 6.03. The number of benzene rings is 3.